The zero-order valence-electron chi connectivity index (χ0n) is 12.5. The van der Waals surface area contributed by atoms with Crippen LogP contribution in [-0.2, 0) is 0 Å². The third-order valence-electron chi connectivity index (χ3n) is 3.39. The molecule has 4 N–H and O–H groups in total. The molecule has 0 radical (unpaired) electrons. The second kappa shape index (κ2) is 10.4. The van der Waals surface area contributed by atoms with Crippen LogP contribution in [0.5, 0.6) is 0 Å². The van der Waals surface area contributed by atoms with E-state index >= 15 is 0 Å². The van der Waals surface area contributed by atoms with E-state index < -0.39 is 0 Å². The summed E-state index contributed by atoms with van der Waals surface area (Å²) in [6, 6.07) is 10.4. The minimum Gasteiger partial charge on any atom is -0.330 e. The van der Waals surface area contributed by atoms with Crippen molar-refractivity contribution in [1.82, 2.24) is 0 Å². The maximum Gasteiger partial charge on any atom is 0.0329 e. The van der Waals surface area contributed by atoms with E-state index in [-0.39, 0.29) is 6.04 Å². The lowest BCUT2D eigenvalue weighted by Crippen LogP contribution is -2.09. The number of allylic oxidation sites excluding steroid dienone is 3. The summed E-state index contributed by atoms with van der Waals surface area (Å²) in [5.74, 6) is 0.589. The Hall–Kier alpha value is -1.38. The van der Waals surface area contributed by atoms with E-state index in [0.29, 0.717) is 5.92 Å². The highest BCUT2D eigenvalue weighted by Gasteiger charge is 2.01. The minimum absolute atomic E-state index is 0.105. The Morgan fingerprint density at radius 3 is 2.15 bits per heavy atom. The molecular formula is C18H28N2. The molecule has 0 saturated carbocycles. The van der Waals surface area contributed by atoms with Crippen LogP contribution in [0.4, 0.5) is 0 Å². The number of nitrogens with two attached hydrogens (primary N) is 2. The maximum absolute atomic E-state index is 6.13. The normalized spacial score (nSPS) is 14.9. The summed E-state index contributed by atoms with van der Waals surface area (Å²) in [5, 5.41) is 0. The van der Waals surface area contributed by atoms with E-state index in [4.69, 9.17) is 11.5 Å². The van der Waals surface area contributed by atoms with Crippen LogP contribution in [0.25, 0.3) is 0 Å². The summed E-state index contributed by atoms with van der Waals surface area (Å²) >= 11 is 0. The first kappa shape index (κ1) is 16.7. The van der Waals surface area contributed by atoms with E-state index in [1.165, 1.54) is 5.56 Å². The van der Waals surface area contributed by atoms with Crippen molar-refractivity contribution in [3.63, 3.8) is 0 Å². The van der Waals surface area contributed by atoms with E-state index in [1.807, 2.05) is 18.2 Å². The van der Waals surface area contributed by atoms with Crippen LogP contribution in [-0.4, -0.2) is 6.54 Å². The van der Waals surface area contributed by atoms with E-state index in [1.54, 1.807) is 0 Å². The Bertz CT molecular complexity index is 395. The lowest BCUT2D eigenvalue weighted by Gasteiger charge is -2.08. The van der Waals surface area contributed by atoms with E-state index in [0.717, 1.165) is 32.2 Å². The third-order valence-corrected chi connectivity index (χ3v) is 3.39. The highest BCUT2D eigenvalue weighted by Crippen LogP contribution is 2.13. The highest BCUT2D eigenvalue weighted by molar-refractivity contribution is 5.19. The molecule has 2 nitrogen and oxygen atoms in total. The smallest absolute Gasteiger partial charge is 0.0329 e. The second-order valence-electron chi connectivity index (χ2n) is 5.35. The Morgan fingerprint density at radius 1 is 0.950 bits per heavy atom. The first-order valence-corrected chi connectivity index (χ1v) is 7.54. The van der Waals surface area contributed by atoms with Gasteiger partial charge in [0.05, 0.1) is 0 Å². The van der Waals surface area contributed by atoms with Crippen molar-refractivity contribution in [2.75, 3.05) is 6.54 Å². The average Bonchev–Trinajstić information content (AvgIpc) is 2.50. The summed E-state index contributed by atoms with van der Waals surface area (Å²) < 4.78 is 0. The van der Waals surface area contributed by atoms with Gasteiger partial charge in [0.2, 0.25) is 0 Å². The molecule has 1 aromatic rings. The topological polar surface area (TPSA) is 52.0 Å². The zero-order valence-corrected chi connectivity index (χ0v) is 12.5. The van der Waals surface area contributed by atoms with Gasteiger partial charge in [0.15, 0.2) is 0 Å². The molecule has 0 spiro atoms. The van der Waals surface area contributed by atoms with Crippen LogP contribution >= 0.6 is 0 Å². The Morgan fingerprint density at radius 2 is 1.55 bits per heavy atom. The van der Waals surface area contributed by atoms with Crippen LogP contribution in [0.1, 0.15) is 44.2 Å². The molecule has 110 valence electrons. The van der Waals surface area contributed by atoms with Crippen molar-refractivity contribution in [3.05, 3.63) is 60.2 Å². The first-order valence-electron chi connectivity index (χ1n) is 7.54. The van der Waals surface area contributed by atoms with E-state index in [2.05, 4.69) is 43.4 Å². The number of benzene rings is 1. The highest BCUT2D eigenvalue weighted by atomic mass is 14.6. The summed E-state index contributed by atoms with van der Waals surface area (Å²) in [4.78, 5) is 0. The molecule has 0 fully saturated rings. The SMILES string of the molecule is CC(CN)C/C=C/CC/C=C/CC(N)c1ccccc1. The number of rotatable bonds is 9. The van der Waals surface area contributed by atoms with Gasteiger partial charge in [0, 0.05) is 6.04 Å². The van der Waals surface area contributed by atoms with Crippen molar-refractivity contribution in [2.45, 2.75) is 38.6 Å². The second-order valence-corrected chi connectivity index (χ2v) is 5.35. The van der Waals surface area contributed by atoms with Crippen LogP contribution in [0.15, 0.2) is 54.6 Å². The lowest BCUT2D eigenvalue weighted by atomic mass is 10.0. The molecule has 0 aliphatic carbocycles. The third kappa shape index (κ3) is 7.27. The number of unbranched alkanes of at least 4 members (excludes halogenated alkanes) is 1. The molecule has 0 aliphatic heterocycles. The van der Waals surface area contributed by atoms with Gasteiger partial charge in [-0.2, -0.15) is 0 Å². The van der Waals surface area contributed by atoms with Crippen LogP contribution in [0.3, 0.4) is 0 Å². The van der Waals surface area contributed by atoms with Gasteiger partial charge in [-0.15, -0.1) is 0 Å². The Kier molecular flexibility index (Phi) is 8.68. The van der Waals surface area contributed by atoms with Gasteiger partial charge in [-0.3, -0.25) is 0 Å². The molecule has 2 heteroatoms. The van der Waals surface area contributed by atoms with Gasteiger partial charge in [0.1, 0.15) is 0 Å². The number of hydrogen-bond donors (Lipinski definition) is 2. The minimum atomic E-state index is 0.105. The van der Waals surface area contributed by atoms with Crippen molar-refractivity contribution >= 4 is 0 Å². The molecule has 0 amide bonds. The standard InChI is InChI=1S/C18H28N2/c1-16(15-19)11-7-4-2-3-5-10-14-18(20)17-12-8-6-9-13-17/h4-10,12-13,16,18H,2-3,11,14-15,19-20H2,1H3/b7-4+,10-5+. The zero-order chi connectivity index (χ0) is 14.6. The number of hydrogen-bond acceptors (Lipinski definition) is 2. The van der Waals surface area contributed by atoms with Crippen molar-refractivity contribution in [3.8, 4) is 0 Å². The van der Waals surface area contributed by atoms with Gasteiger partial charge < -0.3 is 11.5 Å². The van der Waals surface area contributed by atoms with Crippen LogP contribution < -0.4 is 11.5 Å². The fraction of sp³-hybridized carbons (Fsp3) is 0.444. The molecule has 1 aromatic carbocycles. The molecule has 0 aromatic heterocycles. The quantitative estimate of drug-likeness (QED) is 0.528. The first-order chi connectivity index (χ1) is 9.74. The van der Waals surface area contributed by atoms with Gasteiger partial charge in [-0.1, -0.05) is 61.6 Å². The fourth-order valence-corrected chi connectivity index (χ4v) is 1.93. The van der Waals surface area contributed by atoms with Crippen molar-refractivity contribution in [1.29, 1.82) is 0 Å². The molecule has 0 aliphatic rings. The predicted molar refractivity (Wildman–Crippen MR) is 88.3 cm³/mol. The van der Waals surface area contributed by atoms with Crippen LogP contribution in [0.2, 0.25) is 0 Å². The molecule has 0 heterocycles. The summed E-state index contributed by atoms with van der Waals surface area (Å²) in [5.41, 5.74) is 12.9. The Labute approximate surface area is 123 Å². The fourth-order valence-electron chi connectivity index (χ4n) is 1.93. The monoisotopic (exact) mass is 272 g/mol. The molecular weight excluding hydrogens is 244 g/mol. The summed E-state index contributed by atoms with van der Waals surface area (Å²) in [6.07, 6.45) is 13.0. The summed E-state index contributed by atoms with van der Waals surface area (Å²) in [6.45, 7) is 2.94. The van der Waals surface area contributed by atoms with Crippen molar-refractivity contribution < 1.29 is 0 Å². The van der Waals surface area contributed by atoms with E-state index in [9.17, 15) is 0 Å². The van der Waals surface area contributed by atoms with Gasteiger partial charge >= 0.3 is 0 Å². The summed E-state index contributed by atoms with van der Waals surface area (Å²) in [7, 11) is 0. The molecule has 2 atom stereocenters. The van der Waals surface area contributed by atoms with Gasteiger partial charge in [-0.25, -0.2) is 0 Å². The molecule has 1 rings (SSSR count). The molecule has 0 bridgehead atoms. The molecule has 20 heavy (non-hydrogen) atoms. The Balaban J connectivity index is 2.13. The van der Waals surface area contributed by atoms with Crippen molar-refractivity contribution in [2.24, 2.45) is 17.4 Å². The molecule has 0 saturated heterocycles. The van der Waals surface area contributed by atoms with Gasteiger partial charge in [0.25, 0.3) is 0 Å². The lowest BCUT2D eigenvalue weighted by molar-refractivity contribution is 0.605. The predicted octanol–water partition coefficient (Wildman–Crippen LogP) is 3.95. The van der Waals surface area contributed by atoms with Crippen LogP contribution in [0, 0.1) is 5.92 Å². The molecule has 2 unspecified atom stereocenters. The largest absolute Gasteiger partial charge is 0.330 e. The van der Waals surface area contributed by atoms with Gasteiger partial charge in [-0.05, 0) is 43.7 Å². The average molecular weight is 272 g/mol. The maximum atomic E-state index is 6.13.